The fourth-order valence-electron chi connectivity index (χ4n) is 1.11. The minimum Gasteiger partial charge on any atom is -0.321 e. The third-order valence-corrected chi connectivity index (χ3v) is 3.11. The standard InChI is InChI=1S/C8H7ClN2O5S/c1-5(12)10-7-3-2-6(17(9,15)16)4-8(7)11(13)14/h2-4H,1H3,(H,10,12). The van der Waals surface area contributed by atoms with Crippen LogP contribution in [0.15, 0.2) is 23.1 Å². The number of nitro groups is 1. The average molecular weight is 279 g/mol. The van der Waals surface area contributed by atoms with E-state index in [0.29, 0.717) is 0 Å². The molecule has 17 heavy (non-hydrogen) atoms. The van der Waals surface area contributed by atoms with Gasteiger partial charge in [0.05, 0.1) is 9.82 Å². The number of carbonyl (C=O) groups excluding carboxylic acids is 1. The highest BCUT2D eigenvalue weighted by Gasteiger charge is 2.20. The molecule has 0 spiro atoms. The normalized spacial score (nSPS) is 10.9. The van der Waals surface area contributed by atoms with Gasteiger partial charge < -0.3 is 5.32 Å². The van der Waals surface area contributed by atoms with Gasteiger partial charge in [-0.1, -0.05) is 0 Å². The van der Waals surface area contributed by atoms with Crippen LogP contribution in [-0.2, 0) is 13.8 Å². The van der Waals surface area contributed by atoms with Gasteiger partial charge >= 0.3 is 0 Å². The second-order valence-corrected chi connectivity index (χ2v) is 5.62. The quantitative estimate of drug-likeness (QED) is 0.512. The number of anilines is 1. The summed E-state index contributed by atoms with van der Waals surface area (Å²) in [6.45, 7) is 1.18. The van der Waals surface area contributed by atoms with Gasteiger partial charge in [0.15, 0.2) is 0 Å². The molecule has 0 aliphatic rings. The summed E-state index contributed by atoms with van der Waals surface area (Å²) in [5.41, 5.74) is -0.631. The number of halogens is 1. The molecule has 0 atom stereocenters. The van der Waals surface area contributed by atoms with Gasteiger partial charge in [-0.3, -0.25) is 14.9 Å². The van der Waals surface area contributed by atoms with E-state index in [1.807, 2.05) is 0 Å². The molecule has 0 radical (unpaired) electrons. The van der Waals surface area contributed by atoms with Gasteiger partial charge in [-0.15, -0.1) is 0 Å². The largest absolute Gasteiger partial charge is 0.321 e. The first-order chi connectivity index (χ1) is 7.71. The van der Waals surface area contributed by atoms with Crippen LogP contribution in [0.25, 0.3) is 0 Å². The molecule has 1 rings (SSSR count). The number of nitro benzene ring substituents is 1. The van der Waals surface area contributed by atoms with Crippen molar-refractivity contribution in [3.05, 3.63) is 28.3 Å². The molecule has 9 heteroatoms. The van der Waals surface area contributed by atoms with Gasteiger partial charge in [-0.2, -0.15) is 0 Å². The zero-order valence-electron chi connectivity index (χ0n) is 8.51. The summed E-state index contributed by atoms with van der Waals surface area (Å²) in [5, 5.41) is 12.9. The molecule has 0 unspecified atom stereocenters. The molecule has 0 aliphatic carbocycles. The minimum absolute atomic E-state index is 0.0911. The first kappa shape index (κ1) is 13.4. The van der Waals surface area contributed by atoms with Crippen molar-refractivity contribution in [1.82, 2.24) is 0 Å². The van der Waals surface area contributed by atoms with E-state index in [1.54, 1.807) is 0 Å². The Morgan fingerprint density at radius 2 is 2.06 bits per heavy atom. The zero-order valence-corrected chi connectivity index (χ0v) is 10.1. The summed E-state index contributed by atoms with van der Waals surface area (Å²) in [7, 11) is 1.01. The van der Waals surface area contributed by atoms with Crippen molar-refractivity contribution < 1.29 is 18.1 Å². The molecule has 1 amide bonds. The Labute approximate surface area is 101 Å². The van der Waals surface area contributed by atoms with E-state index in [4.69, 9.17) is 10.7 Å². The lowest BCUT2D eigenvalue weighted by Crippen LogP contribution is -2.08. The van der Waals surface area contributed by atoms with E-state index in [9.17, 15) is 23.3 Å². The topological polar surface area (TPSA) is 106 Å². The molecule has 0 saturated heterocycles. The van der Waals surface area contributed by atoms with Gasteiger partial charge in [0.25, 0.3) is 14.7 Å². The second kappa shape index (κ2) is 4.68. The van der Waals surface area contributed by atoms with E-state index in [-0.39, 0.29) is 5.69 Å². The number of rotatable bonds is 3. The summed E-state index contributed by atoms with van der Waals surface area (Å²) >= 11 is 0. The highest BCUT2D eigenvalue weighted by Crippen LogP contribution is 2.28. The molecule has 92 valence electrons. The van der Waals surface area contributed by atoms with Crippen molar-refractivity contribution in [2.45, 2.75) is 11.8 Å². The van der Waals surface area contributed by atoms with Gasteiger partial charge in [0.2, 0.25) is 5.91 Å². The Morgan fingerprint density at radius 3 is 2.47 bits per heavy atom. The van der Waals surface area contributed by atoms with E-state index >= 15 is 0 Å². The maximum atomic E-state index is 11.0. The summed E-state index contributed by atoms with van der Waals surface area (Å²) < 4.78 is 22.0. The number of benzene rings is 1. The third kappa shape index (κ3) is 3.40. The lowest BCUT2D eigenvalue weighted by Gasteiger charge is -2.04. The second-order valence-electron chi connectivity index (χ2n) is 3.06. The summed E-state index contributed by atoms with van der Waals surface area (Å²) in [5.74, 6) is -0.505. The third-order valence-electron chi connectivity index (χ3n) is 1.76. The van der Waals surface area contributed by atoms with Crippen LogP contribution < -0.4 is 5.32 Å². The smallest absolute Gasteiger partial charge is 0.294 e. The molecular formula is C8H7ClN2O5S. The average Bonchev–Trinajstić information content (AvgIpc) is 2.15. The van der Waals surface area contributed by atoms with Crippen LogP contribution in [0.4, 0.5) is 11.4 Å². The van der Waals surface area contributed by atoms with Crippen LogP contribution in [0.1, 0.15) is 6.92 Å². The van der Waals surface area contributed by atoms with E-state index in [0.717, 1.165) is 18.2 Å². The molecule has 1 aromatic carbocycles. The molecule has 0 heterocycles. The van der Waals surface area contributed by atoms with Crippen LogP contribution >= 0.6 is 10.7 Å². The van der Waals surface area contributed by atoms with Gasteiger partial charge in [-0.05, 0) is 12.1 Å². The Bertz CT molecular complexity index is 584. The highest BCUT2D eigenvalue weighted by molar-refractivity contribution is 8.13. The molecule has 0 fully saturated rings. The number of amides is 1. The van der Waals surface area contributed by atoms with E-state index in [1.165, 1.54) is 6.92 Å². The van der Waals surface area contributed by atoms with Crippen molar-refractivity contribution in [3.63, 3.8) is 0 Å². The minimum atomic E-state index is -4.05. The van der Waals surface area contributed by atoms with Gasteiger partial charge in [0.1, 0.15) is 5.69 Å². The summed E-state index contributed by atoms with van der Waals surface area (Å²) in [6, 6.07) is 2.96. The SMILES string of the molecule is CC(=O)Nc1ccc(S(=O)(=O)Cl)cc1[N+](=O)[O-]. The predicted octanol–water partition coefficient (Wildman–Crippen LogP) is 1.48. The molecule has 1 N–H and O–H groups in total. The fourth-order valence-corrected chi connectivity index (χ4v) is 1.88. The van der Waals surface area contributed by atoms with E-state index < -0.39 is 30.5 Å². The van der Waals surface area contributed by atoms with Crippen molar-refractivity contribution in [3.8, 4) is 0 Å². The molecule has 0 saturated carbocycles. The van der Waals surface area contributed by atoms with Gasteiger partial charge in [-0.25, -0.2) is 8.42 Å². The van der Waals surface area contributed by atoms with Crippen LogP contribution in [0.5, 0.6) is 0 Å². The highest BCUT2D eigenvalue weighted by atomic mass is 35.7. The molecular weight excluding hydrogens is 272 g/mol. The van der Waals surface area contributed by atoms with Crippen molar-refractivity contribution in [2.24, 2.45) is 0 Å². The lowest BCUT2D eigenvalue weighted by molar-refractivity contribution is -0.384. The molecule has 0 bridgehead atoms. The number of carbonyl (C=O) groups is 1. The Kier molecular flexibility index (Phi) is 3.69. The number of nitrogens with zero attached hydrogens (tertiary/aromatic N) is 1. The Balaban J connectivity index is 3.37. The summed E-state index contributed by atoms with van der Waals surface area (Å²) in [6.07, 6.45) is 0. The first-order valence-corrected chi connectivity index (χ1v) is 6.53. The Morgan fingerprint density at radius 1 is 1.47 bits per heavy atom. The van der Waals surface area contributed by atoms with Crippen molar-refractivity contribution in [2.75, 3.05) is 5.32 Å². The zero-order chi connectivity index (χ0) is 13.2. The number of nitrogens with one attached hydrogen (secondary N) is 1. The van der Waals surface area contributed by atoms with Crippen LogP contribution in [-0.4, -0.2) is 19.2 Å². The van der Waals surface area contributed by atoms with E-state index in [2.05, 4.69) is 5.32 Å². The monoisotopic (exact) mass is 278 g/mol. The Hall–Kier alpha value is -1.67. The first-order valence-electron chi connectivity index (χ1n) is 4.22. The molecule has 0 aromatic heterocycles. The van der Waals surface area contributed by atoms with Crippen LogP contribution in [0, 0.1) is 10.1 Å². The van der Waals surface area contributed by atoms with Gasteiger partial charge in [0, 0.05) is 23.7 Å². The van der Waals surface area contributed by atoms with Crippen molar-refractivity contribution >= 4 is 37.0 Å². The predicted molar refractivity (Wildman–Crippen MR) is 60.4 cm³/mol. The number of hydrogen-bond acceptors (Lipinski definition) is 5. The maximum Gasteiger partial charge on any atom is 0.294 e. The van der Waals surface area contributed by atoms with Crippen LogP contribution in [0.2, 0.25) is 0 Å². The fraction of sp³-hybridized carbons (Fsp3) is 0.125. The van der Waals surface area contributed by atoms with Crippen molar-refractivity contribution in [1.29, 1.82) is 0 Å². The molecule has 0 aliphatic heterocycles. The maximum absolute atomic E-state index is 11.0. The lowest BCUT2D eigenvalue weighted by atomic mass is 10.2. The molecule has 1 aromatic rings. The molecule has 7 nitrogen and oxygen atoms in total. The van der Waals surface area contributed by atoms with Crippen LogP contribution in [0.3, 0.4) is 0 Å². The summed E-state index contributed by atoms with van der Waals surface area (Å²) in [4.78, 5) is 20.3. The number of hydrogen-bond donors (Lipinski definition) is 1.